The van der Waals surface area contributed by atoms with Gasteiger partial charge in [0, 0.05) is 37.7 Å². The van der Waals surface area contributed by atoms with Crippen molar-refractivity contribution in [2.45, 2.75) is 32.1 Å². The van der Waals surface area contributed by atoms with E-state index in [-0.39, 0.29) is 41.7 Å². The summed E-state index contributed by atoms with van der Waals surface area (Å²) in [4.78, 5) is 42.5. The number of esters is 1. The Balaban J connectivity index is 1.55. The molecule has 2 fully saturated rings. The van der Waals surface area contributed by atoms with Crippen LogP contribution in [0.3, 0.4) is 0 Å². The topological polar surface area (TPSA) is 66.9 Å². The lowest BCUT2D eigenvalue weighted by Gasteiger charge is -2.40. The average molecular weight is 467 g/mol. The van der Waals surface area contributed by atoms with Gasteiger partial charge in [-0.15, -0.1) is 0 Å². The van der Waals surface area contributed by atoms with Gasteiger partial charge in [-0.3, -0.25) is 14.4 Å². The Bertz CT molecular complexity index is 1030. The highest BCUT2D eigenvalue weighted by Crippen LogP contribution is 2.33. The minimum atomic E-state index is -0.464. The van der Waals surface area contributed by atoms with E-state index in [1.807, 2.05) is 30.3 Å². The maximum Gasteiger partial charge on any atom is 0.310 e. The maximum absolute atomic E-state index is 13.8. The Morgan fingerprint density at radius 2 is 1.74 bits per heavy atom. The van der Waals surface area contributed by atoms with Gasteiger partial charge in [-0.25, -0.2) is 4.39 Å². The van der Waals surface area contributed by atoms with E-state index < -0.39 is 11.7 Å². The van der Waals surface area contributed by atoms with Gasteiger partial charge in [0.2, 0.25) is 5.91 Å². The summed E-state index contributed by atoms with van der Waals surface area (Å²) in [7, 11) is 0. The Morgan fingerprint density at radius 1 is 0.971 bits per heavy atom. The second kappa shape index (κ2) is 10.8. The second-order valence-corrected chi connectivity index (χ2v) is 9.14. The Hall–Kier alpha value is -3.22. The van der Waals surface area contributed by atoms with E-state index in [1.165, 1.54) is 18.2 Å². The largest absolute Gasteiger partial charge is 0.466 e. The highest BCUT2D eigenvalue weighted by Gasteiger charge is 2.38. The van der Waals surface area contributed by atoms with Crippen LogP contribution in [0.4, 0.5) is 4.39 Å². The van der Waals surface area contributed by atoms with Gasteiger partial charge in [0.25, 0.3) is 5.91 Å². The van der Waals surface area contributed by atoms with Gasteiger partial charge in [-0.05, 0) is 49.9 Å². The Labute approximate surface area is 199 Å². The molecular formula is C27H31FN2O4. The minimum absolute atomic E-state index is 0.00736. The van der Waals surface area contributed by atoms with Gasteiger partial charge in [0.1, 0.15) is 5.82 Å². The molecule has 0 saturated carbocycles. The monoisotopic (exact) mass is 466 g/mol. The number of halogens is 1. The Morgan fingerprint density at radius 3 is 2.47 bits per heavy atom. The molecule has 2 aromatic carbocycles. The third-order valence-electron chi connectivity index (χ3n) is 6.78. The number of carbonyl (C=O) groups is 3. The zero-order chi connectivity index (χ0) is 24.1. The number of likely N-dealkylation sites (tertiary alicyclic amines) is 2. The van der Waals surface area contributed by atoms with Crippen LogP contribution in [0, 0.1) is 17.7 Å². The van der Waals surface area contributed by atoms with Crippen LogP contribution in [0.5, 0.6) is 0 Å². The molecule has 2 aliphatic rings. The number of rotatable bonds is 5. The zero-order valence-electron chi connectivity index (χ0n) is 19.5. The molecule has 0 aliphatic carbocycles. The van der Waals surface area contributed by atoms with Crippen LogP contribution in [0.2, 0.25) is 0 Å². The average Bonchev–Trinajstić information content (AvgIpc) is 2.88. The van der Waals surface area contributed by atoms with Gasteiger partial charge >= 0.3 is 5.97 Å². The van der Waals surface area contributed by atoms with E-state index in [4.69, 9.17) is 4.74 Å². The van der Waals surface area contributed by atoms with Crippen molar-refractivity contribution >= 4 is 17.8 Å². The highest BCUT2D eigenvalue weighted by atomic mass is 19.1. The van der Waals surface area contributed by atoms with Crippen molar-refractivity contribution in [3.05, 3.63) is 71.5 Å². The van der Waals surface area contributed by atoms with Gasteiger partial charge in [-0.2, -0.15) is 0 Å². The lowest BCUT2D eigenvalue weighted by Crippen LogP contribution is -2.51. The lowest BCUT2D eigenvalue weighted by atomic mass is 9.83. The summed E-state index contributed by atoms with van der Waals surface area (Å²) >= 11 is 0. The molecule has 180 valence electrons. The van der Waals surface area contributed by atoms with Crippen LogP contribution < -0.4 is 0 Å². The van der Waals surface area contributed by atoms with E-state index in [2.05, 4.69) is 0 Å². The highest BCUT2D eigenvalue weighted by molar-refractivity contribution is 5.95. The first kappa shape index (κ1) is 23.9. The molecular weight excluding hydrogens is 435 g/mol. The van der Waals surface area contributed by atoms with Crippen LogP contribution >= 0.6 is 0 Å². The number of hydrogen-bond donors (Lipinski definition) is 0. The molecule has 2 aliphatic heterocycles. The van der Waals surface area contributed by atoms with Crippen molar-refractivity contribution in [3.63, 3.8) is 0 Å². The van der Waals surface area contributed by atoms with E-state index in [0.717, 1.165) is 12.0 Å². The predicted molar refractivity (Wildman–Crippen MR) is 126 cm³/mol. The molecule has 2 aromatic rings. The number of amides is 2. The van der Waals surface area contributed by atoms with Crippen molar-refractivity contribution in [2.24, 2.45) is 11.8 Å². The number of carbonyl (C=O) groups excluding carboxylic acids is 3. The van der Waals surface area contributed by atoms with E-state index in [0.29, 0.717) is 39.1 Å². The molecule has 2 saturated heterocycles. The van der Waals surface area contributed by atoms with Crippen LogP contribution in [-0.4, -0.2) is 60.4 Å². The molecule has 0 aromatic heterocycles. The summed E-state index contributed by atoms with van der Waals surface area (Å²) in [6.45, 7) is 3.79. The standard InChI is InChI=1S/C27H31FN2O4/c1-2-34-27(33)21-11-7-13-29(16-21)26(32)23-14-22(19-8-4-3-5-9-19)17-30(18-23)25(31)20-10-6-12-24(28)15-20/h3-6,8-10,12,15,21-23H,2,7,11,13-14,16-18H2,1H3. The molecule has 4 rings (SSSR count). The molecule has 7 heteroatoms. The van der Waals surface area contributed by atoms with Crippen LogP contribution in [0.1, 0.15) is 48.0 Å². The van der Waals surface area contributed by atoms with Crippen molar-refractivity contribution in [3.8, 4) is 0 Å². The van der Waals surface area contributed by atoms with Crippen molar-refractivity contribution < 1.29 is 23.5 Å². The number of piperidine rings is 2. The van der Waals surface area contributed by atoms with Gasteiger partial charge < -0.3 is 14.5 Å². The number of hydrogen-bond acceptors (Lipinski definition) is 4. The number of ether oxygens (including phenoxy) is 1. The summed E-state index contributed by atoms with van der Waals surface area (Å²) in [6, 6.07) is 15.5. The third kappa shape index (κ3) is 5.46. The quantitative estimate of drug-likeness (QED) is 0.628. The Kier molecular flexibility index (Phi) is 7.60. The SMILES string of the molecule is CCOC(=O)C1CCCN(C(=O)C2CC(c3ccccc3)CN(C(=O)c3cccc(F)c3)C2)C1. The molecule has 3 unspecified atom stereocenters. The molecule has 2 amide bonds. The number of benzene rings is 2. The van der Waals surface area contributed by atoms with Crippen molar-refractivity contribution in [2.75, 3.05) is 32.8 Å². The third-order valence-corrected chi connectivity index (χ3v) is 6.78. The number of nitrogens with zero attached hydrogens (tertiary/aromatic N) is 2. The first-order valence-electron chi connectivity index (χ1n) is 12.0. The van der Waals surface area contributed by atoms with Crippen LogP contribution in [0.15, 0.2) is 54.6 Å². The lowest BCUT2D eigenvalue weighted by molar-refractivity contribution is -0.152. The smallest absolute Gasteiger partial charge is 0.310 e. The zero-order valence-corrected chi connectivity index (χ0v) is 19.5. The van der Waals surface area contributed by atoms with E-state index in [1.54, 1.807) is 22.8 Å². The summed E-state index contributed by atoms with van der Waals surface area (Å²) in [5.41, 5.74) is 1.35. The summed E-state index contributed by atoms with van der Waals surface area (Å²) in [6.07, 6.45) is 2.08. The fourth-order valence-corrected chi connectivity index (χ4v) is 5.10. The molecule has 0 spiro atoms. The molecule has 0 bridgehead atoms. The maximum atomic E-state index is 13.8. The first-order valence-corrected chi connectivity index (χ1v) is 12.0. The molecule has 6 nitrogen and oxygen atoms in total. The van der Waals surface area contributed by atoms with E-state index in [9.17, 15) is 18.8 Å². The summed E-state index contributed by atoms with van der Waals surface area (Å²) < 4.78 is 18.9. The van der Waals surface area contributed by atoms with Gasteiger partial charge in [0.05, 0.1) is 18.4 Å². The first-order chi connectivity index (χ1) is 16.5. The molecule has 0 N–H and O–H groups in total. The molecule has 3 atom stereocenters. The molecule has 0 radical (unpaired) electrons. The van der Waals surface area contributed by atoms with Crippen molar-refractivity contribution in [1.82, 2.24) is 9.80 Å². The minimum Gasteiger partial charge on any atom is -0.466 e. The predicted octanol–water partition coefficient (Wildman–Crippen LogP) is 3.87. The second-order valence-electron chi connectivity index (χ2n) is 9.14. The van der Waals surface area contributed by atoms with Crippen molar-refractivity contribution in [1.29, 1.82) is 0 Å². The van der Waals surface area contributed by atoms with Crippen LogP contribution in [-0.2, 0) is 14.3 Å². The fourth-order valence-electron chi connectivity index (χ4n) is 5.10. The molecule has 34 heavy (non-hydrogen) atoms. The van der Waals surface area contributed by atoms with Crippen LogP contribution in [0.25, 0.3) is 0 Å². The molecule has 2 heterocycles. The fraction of sp³-hybridized carbons (Fsp3) is 0.444. The van der Waals surface area contributed by atoms with Gasteiger partial charge in [0.15, 0.2) is 0 Å². The normalized spacial score (nSPS) is 22.8. The van der Waals surface area contributed by atoms with Gasteiger partial charge in [-0.1, -0.05) is 36.4 Å². The summed E-state index contributed by atoms with van der Waals surface area (Å²) in [5, 5.41) is 0. The summed E-state index contributed by atoms with van der Waals surface area (Å²) in [5.74, 6) is -1.74. The van der Waals surface area contributed by atoms with E-state index >= 15 is 0 Å².